The third kappa shape index (κ3) is 2.44. The van der Waals surface area contributed by atoms with E-state index in [1.54, 1.807) is 0 Å². The zero-order valence-electron chi connectivity index (χ0n) is 9.88. The summed E-state index contributed by atoms with van der Waals surface area (Å²) in [6.45, 7) is 0. The summed E-state index contributed by atoms with van der Waals surface area (Å²) in [5.74, 6) is 1.35. The van der Waals surface area contributed by atoms with Crippen molar-refractivity contribution in [3.05, 3.63) is 47.0 Å². The maximum atomic E-state index is 6.08. The molecule has 1 heterocycles. The number of nitrogens with zero attached hydrogens (tertiary/aromatic N) is 2. The Morgan fingerprint density at radius 3 is 2.22 bits per heavy atom. The summed E-state index contributed by atoms with van der Waals surface area (Å²) in [6, 6.07) is 8.12. The van der Waals surface area contributed by atoms with E-state index in [0.29, 0.717) is 5.92 Å². The third-order valence-electron chi connectivity index (χ3n) is 3.28. The Morgan fingerprint density at radius 1 is 1.06 bits per heavy atom. The van der Waals surface area contributed by atoms with Crippen LogP contribution in [0.1, 0.15) is 24.7 Å². The first-order chi connectivity index (χ1) is 8.74. The lowest BCUT2D eigenvalue weighted by atomic mass is 10.1. The predicted octanol–water partition coefficient (Wildman–Crippen LogP) is 3.32. The molecular formula is C14H14BrN3. The fraction of sp³-hybridized carbons (Fsp3) is 0.286. The molecule has 3 nitrogen and oxygen atoms in total. The standard InChI is InChI=1S/C14H14BrN3/c15-12-5-3-9(4-6-12)11-7-17-14(18-8-11)13(16)10-1-2-10/h3-8,10,13H,1-2,16H2. The largest absolute Gasteiger partial charge is 0.321 e. The summed E-state index contributed by atoms with van der Waals surface area (Å²) in [6.07, 6.45) is 6.12. The number of halogens is 1. The summed E-state index contributed by atoms with van der Waals surface area (Å²) in [7, 11) is 0. The molecule has 1 aliphatic carbocycles. The molecule has 18 heavy (non-hydrogen) atoms. The summed E-state index contributed by atoms with van der Waals surface area (Å²) >= 11 is 3.42. The number of aromatic nitrogens is 2. The molecule has 0 amide bonds. The Kier molecular flexibility index (Phi) is 3.14. The zero-order valence-corrected chi connectivity index (χ0v) is 11.5. The van der Waals surface area contributed by atoms with Gasteiger partial charge in [-0.1, -0.05) is 28.1 Å². The molecule has 92 valence electrons. The molecule has 0 radical (unpaired) electrons. The minimum Gasteiger partial charge on any atom is -0.321 e. The highest BCUT2D eigenvalue weighted by Crippen LogP contribution is 2.38. The van der Waals surface area contributed by atoms with E-state index in [2.05, 4.69) is 25.9 Å². The second-order valence-corrected chi connectivity index (χ2v) is 5.62. The van der Waals surface area contributed by atoms with E-state index in [4.69, 9.17) is 5.73 Å². The van der Waals surface area contributed by atoms with Gasteiger partial charge >= 0.3 is 0 Å². The van der Waals surface area contributed by atoms with E-state index in [-0.39, 0.29) is 6.04 Å². The SMILES string of the molecule is NC(c1ncc(-c2ccc(Br)cc2)cn1)C1CC1. The highest BCUT2D eigenvalue weighted by atomic mass is 79.9. The Morgan fingerprint density at radius 2 is 1.67 bits per heavy atom. The minimum absolute atomic E-state index is 0.00367. The first-order valence-electron chi connectivity index (χ1n) is 6.07. The highest BCUT2D eigenvalue weighted by molar-refractivity contribution is 9.10. The van der Waals surface area contributed by atoms with Crippen LogP contribution in [0.15, 0.2) is 41.1 Å². The van der Waals surface area contributed by atoms with E-state index in [1.807, 2.05) is 36.7 Å². The average Bonchev–Trinajstić information content (AvgIpc) is 3.23. The van der Waals surface area contributed by atoms with Gasteiger partial charge in [0.25, 0.3) is 0 Å². The summed E-state index contributed by atoms with van der Waals surface area (Å²) in [5.41, 5.74) is 8.22. The van der Waals surface area contributed by atoms with Crippen molar-refractivity contribution in [2.75, 3.05) is 0 Å². The topological polar surface area (TPSA) is 51.8 Å². The molecular weight excluding hydrogens is 290 g/mol. The van der Waals surface area contributed by atoms with Gasteiger partial charge in [0.15, 0.2) is 0 Å². The van der Waals surface area contributed by atoms with Crippen molar-refractivity contribution in [2.24, 2.45) is 11.7 Å². The molecule has 2 N–H and O–H groups in total. The fourth-order valence-corrected chi connectivity index (χ4v) is 2.23. The summed E-state index contributed by atoms with van der Waals surface area (Å²) < 4.78 is 1.07. The van der Waals surface area contributed by atoms with Crippen molar-refractivity contribution in [2.45, 2.75) is 18.9 Å². The molecule has 0 bridgehead atoms. The number of rotatable bonds is 3. The smallest absolute Gasteiger partial charge is 0.145 e. The molecule has 1 unspecified atom stereocenters. The number of benzene rings is 1. The fourth-order valence-electron chi connectivity index (χ4n) is 1.97. The molecule has 1 atom stereocenters. The highest BCUT2D eigenvalue weighted by Gasteiger charge is 2.31. The second-order valence-electron chi connectivity index (χ2n) is 4.70. The normalized spacial score (nSPS) is 16.6. The van der Waals surface area contributed by atoms with E-state index >= 15 is 0 Å². The Labute approximate surface area is 115 Å². The van der Waals surface area contributed by atoms with E-state index in [1.165, 1.54) is 12.8 Å². The van der Waals surface area contributed by atoms with Gasteiger partial charge in [-0.3, -0.25) is 0 Å². The van der Waals surface area contributed by atoms with Gasteiger partial charge in [0.2, 0.25) is 0 Å². The van der Waals surface area contributed by atoms with Crippen molar-refractivity contribution in [1.29, 1.82) is 0 Å². The van der Waals surface area contributed by atoms with Crippen LogP contribution in [0.2, 0.25) is 0 Å². The van der Waals surface area contributed by atoms with Gasteiger partial charge < -0.3 is 5.73 Å². The van der Waals surface area contributed by atoms with E-state index in [0.717, 1.165) is 21.4 Å². The quantitative estimate of drug-likeness (QED) is 0.946. The maximum absolute atomic E-state index is 6.08. The lowest BCUT2D eigenvalue weighted by Gasteiger charge is -2.09. The number of hydrogen-bond donors (Lipinski definition) is 1. The minimum atomic E-state index is 0.00367. The molecule has 0 saturated heterocycles. The monoisotopic (exact) mass is 303 g/mol. The van der Waals surface area contributed by atoms with Gasteiger partial charge in [-0.05, 0) is 36.5 Å². The van der Waals surface area contributed by atoms with Gasteiger partial charge in [0, 0.05) is 22.4 Å². The Bertz CT molecular complexity index is 532. The van der Waals surface area contributed by atoms with Crippen molar-refractivity contribution >= 4 is 15.9 Å². The van der Waals surface area contributed by atoms with Crippen LogP contribution in [0.4, 0.5) is 0 Å². The van der Waals surface area contributed by atoms with E-state index in [9.17, 15) is 0 Å². The van der Waals surface area contributed by atoms with Crippen LogP contribution in [-0.4, -0.2) is 9.97 Å². The van der Waals surface area contributed by atoms with Crippen LogP contribution >= 0.6 is 15.9 Å². The van der Waals surface area contributed by atoms with Gasteiger partial charge in [0.1, 0.15) is 5.82 Å². The summed E-state index contributed by atoms with van der Waals surface area (Å²) in [4.78, 5) is 8.78. The maximum Gasteiger partial charge on any atom is 0.145 e. The number of nitrogens with two attached hydrogens (primary N) is 1. The predicted molar refractivity (Wildman–Crippen MR) is 74.8 cm³/mol. The molecule has 1 aromatic heterocycles. The van der Waals surface area contributed by atoms with Crippen LogP contribution in [-0.2, 0) is 0 Å². The molecule has 1 saturated carbocycles. The van der Waals surface area contributed by atoms with Crippen molar-refractivity contribution in [3.63, 3.8) is 0 Å². The van der Waals surface area contributed by atoms with Crippen LogP contribution in [0, 0.1) is 5.92 Å². The molecule has 1 aromatic carbocycles. The second kappa shape index (κ2) is 4.78. The van der Waals surface area contributed by atoms with Crippen molar-refractivity contribution in [3.8, 4) is 11.1 Å². The van der Waals surface area contributed by atoms with Gasteiger partial charge in [-0.15, -0.1) is 0 Å². The van der Waals surface area contributed by atoms with Crippen LogP contribution < -0.4 is 5.73 Å². The van der Waals surface area contributed by atoms with E-state index < -0.39 is 0 Å². The molecule has 3 rings (SSSR count). The van der Waals surface area contributed by atoms with Gasteiger partial charge in [-0.2, -0.15) is 0 Å². The molecule has 1 aliphatic rings. The van der Waals surface area contributed by atoms with Crippen LogP contribution in [0.25, 0.3) is 11.1 Å². The number of hydrogen-bond acceptors (Lipinski definition) is 3. The molecule has 4 heteroatoms. The van der Waals surface area contributed by atoms with Crippen molar-refractivity contribution < 1.29 is 0 Å². The van der Waals surface area contributed by atoms with Crippen LogP contribution in [0.5, 0.6) is 0 Å². The lowest BCUT2D eigenvalue weighted by molar-refractivity contribution is 0.593. The molecule has 0 spiro atoms. The van der Waals surface area contributed by atoms with Gasteiger partial charge in [-0.25, -0.2) is 9.97 Å². The zero-order chi connectivity index (χ0) is 12.5. The average molecular weight is 304 g/mol. The molecule has 2 aromatic rings. The Balaban J connectivity index is 1.83. The lowest BCUT2D eigenvalue weighted by Crippen LogP contribution is -2.15. The first kappa shape index (κ1) is 11.8. The summed E-state index contributed by atoms with van der Waals surface area (Å²) in [5, 5.41) is 0. The molecule has 1 fully saturated rings. The first-order valence-corrected chi connectivity index (χ1v) is 6.87. The van der Waals surface area contributed by atoms with Crippen molar-refractivity contribution in [1.82, 2.24) is 9.97 Å². The molecule has 0 aliphatic heterocycles. The van der Waals surface area contributed by atoms with Crippen LogP contribution in [0.3, 0.4) is 0 Å². The van der Waals surface area contributed by atoms with Gasteiger partial charge in [0.05, 0.1) is 6.04 Å². The Hall–Kier alpha value is -1.26. The third-order valence-corrected chi connectivity index (χ3v) is 3.81.